The van der Waals surface area contributed by atoms with Crippen molar-refractivity contribution in [1.29, 1.82) is 0 Å². The highest BCUT2D eigenvalue weighted by atomic mass is 16.3. The van der Waals surface area contributed by atoms with E-state index in [1.54, 1.807) is 0 Å². The normalized spacial score (nSPS) is 14.1. The lowest BCUT2D eigenvalue weighted by Crippen LogP contribution is -2.31. The van der Waals surface area contributed by atoms with Crippen LogP contribution in [-0.4, -0.2) is 4.98 Å². The third-order valence-electron chi connectivity index (χ3n) is 8.23. The second-order valence-corrected chi connectivity index (χ2v) is 9.94. The van der Waals surface area contributed by atoms with Gasteiger partial charge in [-0.15, -0.1) is 0 Å². The number of aromatic nitrogens is 2. The summed E-state index contributed by atoms with van der Waals surface area (Å²) in [5, 5.41) is 2.23. The lowest BCUT2D eigenvalue weighted by Gasteiger charge is -2.28. The van der Waals surface area contributed by atoms with Crippen molar-refractivity contribution in [3.8, 4) is 22.4 Å². The van der Waals surface area contributed by atoms with E-state index in [2.05, 4.69) is 101 Å². The van der Waals surface area contributed by atoms with Crippen LogP contribution in [0.15, 0.2) is 59.1 Å². The lowest BCUT2D eigenvalue weighted by molar-refractivity contribution is -0.660. The molecule has 3 aromatic heterocycles. The van der Waals surface area contributed by atoms with Crippen molar-refractivity contribution in [3.05, 3.63) is 82.7 Å². The van der Waals surface area contributed by atoms with Gasteiger partial charge < -0.3 is 4.42 Å². The molecule has 0 unspecified atom stereocenters. The summed E-state index contributed by atoms with van der Waals surface area (Å²) in [4.78, 5) is 5.25. The average Bonchev–Trinajstić information content (AvgIpc) is 3.33. The van der Waals surface area contributed by atoms with Gasteiger partial charge in [0.05, 0.1) is 11.3 Å². The van der Waals surface area contributed by atoms with Crippen molar-refractivity contribution in [2.45, 2.75) is 52.9 Å². The molecule has 0 fully saturated rings. The highest BCUT2D eigenvalue weighted by molar-refractivity contribution is 6.10. The third-order valence-corrected chi connectivity index (χ3v) is 8.23. The predicted octanol–water partition coefficient (Wildman–Crippen LogP) is 7.48. The van der Waals surface area contributed by atoms with E-state index in [0.29, 0.717) is 0 Å². The minimum atomic E-state index is -0.0572. The van der Waals surface area contributed by atoms with Crippen LogP contribution in [0.25, 0.3) is 44.5 Å². The van der Waals surface area contributed by atoms with Gasteiger partial charge in [0.25, 0.3) is 0 Å². The maximum Gasteiger partial charge on any atom is 0.227 e. The van der Waals surface area contributed by atoms with Crippen LogP contribution in [0.3, 0.4) is 0 Å². The maximum absolute atomic E-state index is 6.63. The summed E-state index contributed by atoms with van der Waals surface area (Å²) in [6, 6.07) is 17.8. The monoisotopic (exact) mass is 447 g/mol. The molecule has 170 valence electrons. The predicted molar refractivity (Wildman–Crippen MR) is 139 cm³/mol. The van der Waals surface area contributed by atoms with Crippen molar-refractivity contribution in [1.82, 2.24) is 4.98 Å². The molecule has 0 amide bonds. The van der Waals surface area contributed by atoms with Crippen LogP contribution in [0.2, 0.25) is 0 Å². The summed E-state index contributed by atoms with van der Waals surface area (Å²) in [6.45, 7) is 11.1. The molecular weight excluding hydrogens is 416 g/mol. The number of hydrogen-bond acceptors (Lipinski definition) is 2. The number of aryl methyl sites for hydroxylation is 4. The molecule has 1 aliphatic rings. The molecule has 0 saturated carbocycles. The molecule has 3 heteroatoms. The van der Waals surface area contributed by atoms with Crippen LogP contribution < -0.4 is 4.57 Å². The fourth-order valence-corrected chi connectivity index (χ4v) is 6.11. The minimum absolute atomic E-state index is 0.0572. The Bertz CT molecular complexity index is 1620. The Morgan fingerprint density at radius 2 is 1.62 bits per heavy atom. The topological polar surface area (TPSA) is 29.9 Å². The molecule has 0 atom stereocenters. The SMILES string of the molecule is CCC1(CC)c2ccccc2-c2cc3c(nc21)oc1c(-c2cc(C)c(C)c[n+]2C)c(C)ccc13. The molecule has 3 heterocycles. The van der Waals surface area contributed by atoms with E-state index < -0.39 is 0 Å². The van der Waals surface area contributed by atoms with E-state index >= 15 is 0 Å². The number of fused-ring (bicyclic) bond motifs is 6. The van der Waals surface area contributed by atoms with E-state index in [0.717, 1.165) is 40.5 Å². The van der Waals surface area contributed by atoms with E-state index in [4.69, 9.17) is 9.40 Å². The molecule has 0 saturated heterocycles. The van der Waals surface area contributed by atoms with Crippen LogP contribution >= 0.6 is 0 Å². The number of pyridine rings is 2. The Labute approximate surface area is 201 Å². The highest BCUT2D eigenvalue weighted by Crippen LogP contribution is 2.53. The first-order chi connectivity index (χ1) is 16.4. The standard InChI is InChI=1S/C31H31N2O/c1-7-31(8-2)25-12-10-9-11-21(25)23-16-24-22-14-13-18(3)27(28(22)34-30(24)32-29(23)31)26-15-19(4)20(5)17-33(26)6/h9-17H,7-8H2,1-6H3/q+1. The van der Waals surface area contributed by atoms with Crippen molar-refractivity contribution in [2.24, 2.45) is 7.05 Å². The van der Waals surface area contributed by atoms with Gasteiger partial charge in [-0.1, -0.05) is 50.2 Å². The fourth-order valence-electron chi connectivity index (χ4n) is 6.11. The molecule has 0 bridgehead atoms. The van der Waals surface area contributed by atoms with Gasteiger partial charge in [-0.25, -0.2) is 9.55 Å². The van der Waals surface area contributed by atoms with E-state index in [9.17, 15) is 0 Å². The maximum atomic E-state index is 6.63. The Balaban J connectivity index is 1.70. The summed E-state index contributed by atoms with van der Waals surface area (Å²) >= 11 is 0. The summed E-state index contributed by atoms with van der Waals surface area (Å²) in [5.41, 5.74) is 12.8. The smallest absolute Gasteiger partial charge is 0.227 e. The van der Waals surface area contributed by atoms with Gasteiger partial charge in [0.2, 0.25) is 11.4 Å². The van der Waals surface area contributed by atoms with Gasteiger partial charge in [-0.2, -0.15) is 0 Å². The Kier molecular flexibility index (Phi) is 4.51. The van der Waals surface area contributed by atoms with Crippen molar-refractivity contribution >= 4 is 22.1 Å². The number of hydrogen-bond donors (Lipinski definition) is 0. The number of nitrogens with zero attached hydrogens (tertiary/aromatic N) is 2. The van der Waals surface area contributed by atoms with Crippen molar-refractivity contribution in [2.75, 3.05) is 0 Å². The lowest BCUT2D eigenvalue weighted by atomic mass is 9.76. The molecule has 0 aliphatic heterocycles. The minimum Gasteiger partial charge on any atom is -0.437 e. The van der Waals surface area contributed by atoms with Gasteiger partial charge >= 0.3 is 0 Å². The van der Waals surface area contributed by atoms with Crippen molar-refractivity contribution in [3.63, 3.8) is 0 Å². The third kappa shape index (κ3) is 2.64. The fraction of sp³-hybridized carbons (Fsp3) is 0.290. The molecule has 34 heavy (non-hydrogen) atoms. The summed E-state index contributed by atoms with van der Waals surface area (Å²) < 4.78 is 8.83. The Morgan fingerprint density at radius 1 is 0.853 bits per heavy atom. The summed E-state index contributed by atoms with van der Waals surface area (Å²) in [5.74, 6) is 0. The van der Waals surface area contributed by atoms with Gasteiger partial charge in [-0.3, -0.25) is 0 Å². The second kappa shape index (κ2) is 7.27. The van der Waals surface area contributed by atoms with E-state index in [1.807, 2.05) is 0 Å². The highest BCUT2D eigenvalue weighted by Gasteiger charge is 2.42. The molecule has 3 nitrogen and oxygen atoms in total. The quantitative estimate of drug-likeness (QED) is 0.268. The number of benzene rings is 2. The molecular formula is C31H31N2O+. The Morgan fingerprint density at radius 3 is 2.38 bits per heavy atom. The molecule has 1 aliphatic carbocycles. The van der Waals surface area contributed by atoms with Gasteiger partial charge in [0, 0.05) is 33.4 Å². The first-order valence-electron chi connectivity index (χ1n) is 12.3. The molecule has 2 aromatic carbocycles. The summed E-state index contributed by atoms with van der Waals surface area (Å²) in [7, 11) is 2.11. The molecule has 0 N–H and O–H groups in total. The zero-order chi connectivity index (χ0) is 23.8. The van der Waals surface area contributed by atoms with Gasteiger partial charge in [0.15, 0.2) is 11.8 Å². The Hall–Kier alpha value is -3.46. The first kappa shape index (κ1) is 21.1. The molecule has 0 radical (unpaired) electrons. The van der Waals surface area contributed by atoms with Gasteiger partial charge in [0.1, 0.15) is 7.05 Å². The average molecular weight is 448 g/mol. The van der Waals surface area contributed by atoms with Crippen LogP contribution in [0.1, 0.15) is 54.6 Å². The van der Waals surface area contributed by atoms with Crippen LogP contribution in [0, 0.1) is 20.8 Å². The largest absolute Gasteiger partial charge is 0.437 e. The molecule has 6 rings (SSSR count). The molecule has 0 spiro atoms. The zero-order valence-corrected chi connectivity index (χ0v) is 20.9. The first-order valence-corrected chi connectivity index (χ1v) is 12.3. The van der Waals surface area contributed by atoms with Crippen LogP contribution in [0.5, 0.6) is 0 Å². The van der Waals surface area contributed by atoms with Gasteiger partial charge in [-0.05, 0) is 61.9 Å². The zero-order valence-electron chi connectivity index (χ0n) is 20.9. The summed E-state index contributed by atoms with van der Waals surface area (Å²) in [6.07, 6.45) is 4.25. The van der Waals surface area contributed by atoms with E-state index in [1.165, 1.54) is 44.8 Å². The van der Waals surface area contributed by atoms with Crippen LogP contribution in [0.4, 0.5) is 0 Å². The van der Waals surface area contributed by atoms with E-state index in [-0.39, 0.29) is 5.41 Å². The number of furan rings is 1. The second-order valence-electron chi connectivity index (χ2n) is 9.94. The van der Waals surface area contributed by atoms with Crippen LogP contribution in [-0.2, 0) is 12.5 Å². The van der Waals surface area contributed by atoms with Crippen molar-refractivity contribution < 1.29 is 8.98 Å². The number of rotatable bonds is 3. The molecule has 5 aromatic rings.